The largest absolute Gasteiger partial charge is 0.741 e. The first-order valence-corrected chi connectivity index (χ1v) is 3.69. The van der Waals surface area contributed by atoms with Gasteiger partial charge in [0.25, 0.3) is 0 Å². The monoisotopic (exact) mass is 175 g/mol. The third-order valence-corrected chi connectivity index (χ3v) is 1.30. The van der Waals surface area contributed by atoms with Crippen LogP contribution < -0.4 is 0 Å². The predicted octanol–water partition coefficient (Wildman–Crippen LogP) is 0.118. The minimum absolute atomic E-state index is 0.533. The van der Waals surface area contributed by atoms with Crippen molar-refractivity contribution in [2.45, 2.75) is 12.4 Å². The van der Waals surface area contributed by atoms with Crippen molar-refractivity contribution in [1.82, 2.24) is 0 Å². The van der Waals surface area contributed by atoms with Crippen LogP contribution in [-0.2, 0) is 14.9 Å². The van der Waals surface area contributed by atoms with Crippen LogP contribution in [0, 0.1) is 0 Å². The average molecular weight is 175 g/mol. The zero-order chi connectivity index (χ0) is 8.41. The van der Waals surface area contributed by atoms with E-state index < -0.39 is 22.2 Å². The van der Waals surface area contributed by atoms with E-state index in [0.29, 0.717) is 0 Å². The Morgan fingerprint density at radius 3 is 2.10 bits per heavy atom. The number of ether oxygens (including phenoxy) is 1. The molecule has 0 aliphatic rings. The van der Waals surface area contributed by atoms with Crippen LogP contribution in [0.1, 0.15) is 6.92 Å². The lowest BCUT2D eigenvalue weighted by molar-refractivity contribution is -0.171. The summed E-state index contributed by atoms with van der Waals surface area (Å²) in [5, 5.41) is 0. The molecular formula is C3H5F2O4S-. The first kappa shape index (κ1) is 9.73. The second-order valence-corrected chi connectivity index (χ2v) is 2.73. The van der Waals surface area contributed by atoms with Gasteiger partial charge < -0.3 is 9.29 Å². The molecule has 10 heavy (non-hydrogen) atoms. The van der Waals surface area contributed by atoms with Crippen LogP contribution in [0.15, 0.2) is 0 Å². The molecule has 0 aromatic rings. The number of rotatable bonds is 3. The van der Waals surface area contributed by atoms with Crippen LogP contribution in [0.5, 0.6) is 0 Å². The van der Waals surface area contributed by atoms with Gasteiger partial charge in [-0.2, -0.15) is 8.78 Å². The van der Waals surface area contributed by atoms with Crippen molar-refractivity contribution in [2.75, 3.05) is 6.61 Å². The molecule has 0 fully saturated rings. The third-order valence-electron chi connectivity index (χ3n) is 0.603. The third kappa shape index (κ3) is 2.16. The van der Waals surface area contributed by atoms with Crippen LogP contribution in [0.4, 0.5) is 8.78 Å². The van der Waals surface area contributed by atoms with Gasteiger partial charge in [0.05, 0.1) is 6.61 Å². The first-order valence-electron chi connectivity index (χ1n) is 2.28. The summed E-state index contributed by atoms with van der Waals surface area (Å²) in [5.41, 5.74) is -4.60. The SMILES string of the molecule is CCOC(F)(F)S(=O)(=O)[O-]. The number of hydrogen-bond acceptors (Lipinski definition) is 4. The Balaban J connectivity index is 4.42. The Morgan fingerprint density at radius 1 is 1.60 bits per heavy atom. The Kier molecular flexibility index (Phi) is 2.69. The van der Waals surface area contributed by atoms with Crippen molar-refractivity contribution < 1.29 is 26.5 Å². The molecule has 0 spiro atoms. The lowest BCUT2D eigenvalue weighted by Gasteiger charge is -2.18. The minimum Gasteiger partial charge on any atom is -0.741 e. The smallest absolute Gasteiger partial charge is 0.450 e. The van der Waals surface area contributed by atoms with Crippen LogP contribution in [-0.4, -0.2) is 25.0 Å². The summed E-state index contributed by atoms with van der Waals surface area (Å²) in [5.74, 6) is 0. The summed E-state index contributed by atoms with van der Waals surface area (Å²) in [7, 11) is -5.67. The van der Waals surface area contributed by atoms with Gasteiger partial charge in [-0.15, -0.1) is 0 Å². The van der Waals surface area contributed by atoms with Crippen molar-refractivity contribution >= 4 is 10.1 Å². The van der Waals surface area contributed by atoms with E-state index in [1.165, 1.54) is 0 Å². The van der Waals surface area contributed by atoms with Gasteiger partial charge in [-0.05, 0) is 6.92 Å². The summed E-state index contributed by atoms with van der Waals surface area (Å²) >= 11 is 0. The van der Waals surface area contributed by atoms with E-state index in [-0.39, 0.29) is 0 Å². The standard InChI is InChI=1S/C3H6F2O4S/c1-2-9-3(4,5)10(6,7)8/h2H2,1H3,(H,6,7,8)/p-1. The molecule has 4 nitrogen and oxygen atoms in total. The summed E-state index contributed by atoms with van der Waals surface area (Å²) < 4.78 is 55.8. The quantitative estimate of drug-likeness (QED) is 0.571. The summed E-state index contributed by atoms with van der Waals surface area (Å²) in [6.45, 7) is 0.619. The fourth-order valence-electron chi connectivity index (χ4n) is 0.240. The molecule has 62 valence electrons. The lowest BCUT2D eigenvalue weighted by atomic mass is 10.9. The predicted molar refractivity (Wildman–Crippen MR) is 26.3 cm³/mol. The lowest BCUT2D eigenvalue weighted by Crippen LogP contribution is -2.31. The number of alkyl halides is 2. The molecule has 7 heteroatoms. The van der Waals surface area contributed by atoms with Gasteiger partial charge in [-0.1, -0.05) is 0 Å². The molecule has 0 aliphatic carbocycles. The van der Waals surface area contributed by atoms with E-state index >= 15 is 0 Å². The Morgan fingerprint density at radius 2 is 2.00 bits per heavy atom. The van der Waals surface area contributed by atoms with Gasteiger partial charge in [-0.3, -0.25) is 0 Å². The van der Waals surface area contributed by atoms with E-state index in [4.69, 9.17) is 0 Å². The van der Waals surface area contributed by atoms with E-state index in [1.54, 1.807) is 0 Å². The van der Waals surface area contributed by atoms with Crippen LogP contribution in [0.2, 0.25) is 0 Å². The molecule has 0 N–H and O–H groups in total. The molecule has 0 heterocycles. The molecule has 0 atom stereocenters. The fraction of sp³-hybridized carbons (Fsp3) is 1.00. The molecular weight excluding hydrogens is 170 g/mol. The Hall–Kier alpha value is -0.270. The zero-order valence-electron chi connectivity index (χ0n) is 5.00. The highest BCUT2D eigenvalue weighted by atomic mass is 32.2. The number of hydrogen-bond donors (Lipinski definition) is 0. The van der Waals surface area contributed by atoms with E-state index in [0.717, 1.165) is 6.92 Å². The van der Waals surface area contributed by atoms with Gasteiger partial charge in [0.2, 0.25) is 0 Å². The maximum Gasteiger partial charge on any atom is 0.450 e. The van der Waals surface area contributed by atoms with E-state index in [9.17, 15) is 21.8 Å². The molecule has 0 saturated heterocycles. The normalized spacial score (nSPS) is 13.6. The van der Waals surface area contributed by atoms with Crippen molar-refractivity contribution in [1.29, 1.82) is 0 Å². The molecule has 0 rings (SSSR count). The highest BCUT2D eigenvalue weighted by Crippen LogP contribution is 2.20. The van der Waals surface area contributed by atoms with E-state index in [2.05, 4.69) is 4.74 Å². The van der Waals surface area contributed by atoms with E-state index in [1.807, 2.05) is 0 Å². The highest BCUT2D eigenvalue weighted by molar-refractivity contribution is 7.86. The van der Waals surface area contributed by atoms with Gasteiger partial charge in [0, 0.05) is 0 Å². The topological polar surface area (TPSA) is 66.4 Å². The second kappa shape index (κ2) is 2.77. The van der Waals surface area contributed by atoms with Crippen molar-refractivity contribution in [3.05, 3.63) is 0 Å². The van der Waals surface area contributed by atoms with Crippen LogP contribution >= 0.6 is 0 Å². The van der Waals surface area contributed by atoms with Gasteiger partial charge in [0.1, 0.15) is 0 Å². The fourth-order valence-corrected chi connectivity index (χ4v) is 0.502. The molecule has 0 radical (unpaired) electrons. The molecule has 0 aromatic heterocycles. The molecule has 0 aromatic carbocycles. The molecule has 0 unspecified atom stereocenters. The average Bonchev–Trinajstić information content (AvgIpc) is 1.61. The van der Waals surface area contributed by atoms with Gasteiger partial charge in [-0.25, -0.2) is 8.42 Å². The molecule has 0 bridgehead atoms. The summed E-state index contributed by atoms with van der Waals surface area (Å²) in [6.07, 6.45) is 0. The molecule has 0 saturated carbocycles. The van der Waals surface area contributed by atoms with Crippen LogP contribution in [0.3, 0.4) is 0 Å². The first-order chi connectivity index (χ1) is 4.31. The highest BCUT2D eigenvalue weighted by Gasteiger charge is 2.38. The molecule has 0 aliphatic heterocycles. The van der Waals surface area contributed by atoms with Gasteiger partial charge >= 0.3 is 5.44 Å². The maximum atomic E-state index is 11.8. The Bertz CT molecular complexity index is 197. The summed E-state index contributed by atoms with van der Waals surface area (Å²) in [6, 6.07) is 0. The summed E-state index contributed by atoms with van der Waals surface area (Å²) in [4.78, 5) is 0. The molecule has 0 amide bonds. The zero-order valence-corrected chi connectivity index (χ0v) is 5.82. The van der Waals surface area contributed by atoms with Crippen LogP contribution in [0.25, 0.3) is 0 Å². The van der Waals surface area contributed by atoms with Crippen molar-refractivity contribution in [3.8, 4) is 0 Å². The Labute approximate surface area is 56.5 Å². The second-order valence-electron chi connectivity index (χ2n) is 1.35. The minimum atomic E-state index is -5.67. The van der Waals surface area contributed by atoms with Crippen molar-refractivity contribution in [3.63, 3.8) is 0 Å². The van der Waals surface area contributed by atoms with Crippen molar-refractivity contribution in [2.24, 2.45) is 0 Å². The maximum absolute atomic E-state index is 11.8. The number of halogens is 2. The van der Waals surface area contributed by atoms with Gasteiger partial charge in [0.15, 0.2) is 10.1 Å².